The molecule has 2 aromatic rings. The van der Waals surface area contributed by atoms with Gasteiger partial charge in [0.2, 0.25) is 0 Å². The molecule has 1 unspecified atom stereocenters. The Balaban J connectivity index is 1.88. The van der Waals surface area contributed by atoms with E-state index in [2.05, 4.69) is 5.32 Å². The van der Waals surface area contributed by atoms with Gasteiger partial charge in [0.1, 0.15) is 5.54 Å². The van der Waals surface area contributed by atoms with Crippen molar-refractivity contribution in [1.29, 1.82) is 0 Å². The number of benzene rings is 2. The Morgan fingerprint density at radius 2 is 1.72 bits per heavy atom. The predicted molar refractivity (Wildman–Crippen MR) is 94.4 cm³/mol. The van der Waals surface area contributed by atoms with Gasteiger partial charge in [-0.25, -0.2) is 4.79 Å². The van der Waals surface area contributed by atoms with Crippen LogP contribution in [0.15, 0.2) is 54.6 Å². The van der Waals surface area contributed by atoms with Gasteiger partial charge in [-0.1, -0.05) is 61.0 Å². The van der Waals surface area contributed by atoms with Crippen LogP contribution < -0.4 is 5.32 Å². The van der Waals surface area contributed by atoms with Crippen molar-refractivity contribution in [2.75, 3.05) is 6.54 Å². The number of amides is 3. The molecule has 128 valence electrons. The molecular formula is C19H17ClN2O3. The van der Waals surface area contributed by atoms with Crippen molar-refractivity contribution in [2.24, 2.45) is 0 Å². The minimum Gasteiger partial charge on any atom is -0.319 e. The van der Waals surface area contributed by atoms with E-state index in [4.69, 9.17) is 11.6 Å². The van der Waals surface area contributed by atoms with Gasteiger partial charge in [0.05, 0.1) is 6.54 Å². The Bertz CT molecular complexity index is 820. The lowest BCUT2D eigenvalue weighted by atomic mass is 9.87. The standard InChI is InChI=1S/C19H17ClN2O3/c1-2-19(14-8-10-15(20)11-9-14)17(24)22(18(25)21-19)12-16(23)13-6-4-3-5-7-13/h3-11H,2,12H2,1H3,(H,21,25). The van der Waals surface area contributed by atoms with Crippen LogP contribution in [-0.4, -0.2) is 29.2 Å². The molecule has 2 aromatic carbocycles. The van der Waals surface area contributed by atoms with Crippen LogP contribution >= 0.6 is 11.6 Å². The fourth-order valence-corrected chi connectivity index (χ4v) is 3.13. The molecule has 1 atom stereocenters. The number of carbonyl (C=O) groups excluding carboxylic acids is 3. The molecule has 1 aliphatic heterocycles. The van der Waals surface area contributed by atoms with Crippen molar-refractivity contribution < 1.29 is 14.4 Å². The largest absolute Gasteiger partial charge is 0.325 e. The second kappa shape index (κ2) is 6.69. The normalized spacial score (nSPS) is 19.8. The number of halogens is 1. The second-order valence-corrected chi connectivity index (χ2v) is 6.31. The van der Waals surface area contributed by atoms with Gasteiger partial charge in [-0.3, -0.25) is 14.5 Å². The highest BCUT2D eigenvalue weighted by Crippen LogP contribution is 2.33. The average molecular weight is 357 g/mol. The molecule has 6 heteroatoms. The van der Waals surface area contributed by atoms with Crippen LogP contribution in [0, 0.1) is 0 Å². The summed E-state index contributed by atoms with van der Waals surface area (Å²) in [5, 5.41) is 3.30. The molecule has 0 spiro atoms. The molecule has 1 heterocycles. The van der Waals surface area contributed by atoms with E-state index >= 15 is 0 Å². The Morgan fingerprint density at radius 3 is 2.32 bits per heavy atom. The Morgan fingerprint density at radius 1 is 1.08 bits per heavy atom. The number of imide groups is 1. The molecule has 0 bridgehead atoms. The molecule has 0 radical (unpaired) electrons. The van der Waals surface area contributed by atoms with Crippen molar-refractivity contribution in [3.05, 3.63) is 70.7 Å². The minimum absolute atomic E-state index is 0.285. The number of ketones is 1. The van der Waals surface area contributed by atoms with Crippen LogP contribution in [0.2, 0.25) is 5.02 Å². The van der Waals surface area contributed by atoms with E-state index < -0.39 is 17.5 Å². The van der Waals surface area contributed by atoms with E-state index in [1.807, 2.05) is 6.92 Å². The SMILES string of the molecule is CCC1(c2ccc(Cl)cc2)NC(=O)N(CC(=O)c2ccccc2)C1=O. The Labute approximate surface area is 150 Å². The highest BCUT2D eigenvalue weighted by Gasteiger charge is 2.51. The number of nitrogens with zero attached hydrogens (tertiary/aromatic N) is 1. The van der Waals surface area contributed by atoms with Crippen molar-refractivity contribution in [3.63, 3.8) is 0 Å². The van der Waals surface area contributed by atoms with E-state index in [0.29, 0.717) is 22.6 Å². The summed E-state index contributed by atoms with van der Waals surface area (Å²) in [6, 6.07) is 14.8. The smallest absolute Gasteiger partial charge is 0.319 e. The molecule has 3 rings (SSSR count). The molecule has 1 N–H and O–H groups in total. The number of nitrogens with one attached hydrogen (secondary N) is 1. The summed E-state index contributed by atoms with van der Waals surface area (Å²) in [5.74, 6) is -0.710. The quantitative estimate of drug-likeness (QED) is 0.659. The van der Waals surface area contributed by atoms with Gasteiger partial charge in [0.15, 0.2) is 5.78 Å². The maximum absolute atomic E-state index is 13.0. The summed E-state index contributed by atoms with van der Waals surface area (Å²) in [7, 11) is 0. The first-order chi connectivity index (χ1) is 12.0. The highest BCUT2D eigenvalue weighted by atomic mass is 35.5. The lowest BCUT2D eigenvalue weighted by Crippen LogP contribution is -2.43. The van der Waals surface area contributed by atoms with E-state index in [0.717, 1.165) is 4.90 Å². The molecule has 0 aliphatic carbocycles. The maximum atomic E-state index is 13.0. The molecule has 1 fully saturated rings. The third-order valence-corrected chi connectivity index (χ3v) is 4.69. The van der Waals surface area contributed by atoms with E-state index in [1.54, 1.807) is 54.6 Å². The molecule has 3 amide bonds. The number of rotatable bonds is 5. The van der Waals surface area contributed by atoms with Crippen LogP contribution in [0.4, 0.5) is 4.79 Å². The van der Waals surface area contributed by atoms with E-state index in [-0.39, 0.29) is 12.3 Å². The van der Waals surface area contributed by atoms with Crippen LogP contribution in [-0.2, 0) is 10.3 Å². The van der Waals surface area contributed by atoms with Gasteiger partial charge in [0.25, 0.3) is 5.91 Å². The Kier molecular flexibility index (Phi) is 4.59. The molecule has 1 aliphatic rings. The first-order valence-corrected chi connectivity index (χ1v) is 8.34. The van der Waals surface area contributed by atoms with Crippen molar-refractivity contribution in [3.8, 4) is 0 Å². The van der Waals surface area contributed by atoms with Crippen LogP contribution in [0.5, 0.6) is 0 Å². The van der Waals surface area contributed by atoms with Crippen molar-refractivity contribution in [2.45, 2.75) is 18.9 Å². The summed E-state index contributed by atoms with van der Waals surface area (Å²) >= 11 is 5.91. The van der Waals surface area contributed by atoms with E-state index in [9.17, 15) is 14.4 Å². The van der Waals surface area contributed by atoms with Gasteiger partial charge in [0, 0.05) is 10.6 Å². The molecule has 0 saturated carbocycles. The van der Waals surface area contributed by atoms with Gasteiger partial charge in [-0.05, 0) is 24.1 Å². The van der Waals surface area contributed by atoms with Gasteiger partial charge in [-0.15, -0.1) is 0 Å². The number of Topliss-reactive ketones (excluding diaryl/α,β-unsaturated/α-hetero) is 1. The topological polar surface area (TPSA) is 66.5 Å². The van der Waals surface area contributed by atoms with Crippen LogP contribution in [0.3, 0.4) is 0 Å². The third-order valence-electron chi connectivity index (χ3n) is 4.44. The van der Waals surface area contributed by atoms with Crippen molar-refractivity contribution >= 4 is 29.3 Å². The summed E-state index contributed by atoms with van der Waals surface area (Å²) in [5.41, 5.74) is -0.0606. The third kappa shape index (κ3) is 3.03. The number of urea groups is 1. The van der Waals surface area contributed by atoms with E-state index in [1.165, 1.54) is 0 Å². The minimum atomic E-state index is -1.17. The number of hydrogen-bond donors (Lipinski definition) is 1. The first kappa shape index (κ1) is 17.2. The fraction of sp³-hybridized carbons (Fsp3) is 0.211. The van der Waals surface area contributed by atoms with Gasteiger partial charge in [-0.2, -0.15) is 0 Å². The Hall–Kier alpha value is -2.66. The summed E-state index contributed by atoms with van der Waals surface area (Å²) in [6.45, 7) is 1.53. The average Bonchev–Trinajstić information content (AvgIpc) is 2.88. The molecular weight excluding hydrogens is 340 g/mol. The lowest BCUT2D eigenvalue weighted by molar-refractivity contribution is -0.131. The first-order valence-electron chi connectivity index (χ1n) is 7.96. The van der Waals surface area contributed by atoms with Gasteiger partial charge >= 0.3 is 6.03 Å². The lowest BCUT2D eigenvalue weighted by Gasteiger charge is -2.25. The fourth-order valence-electron chi connectivity index (χ4n) is 3.00. The molecule has 1 saturated heterocycles. The zero-order valence-corrected chi connectivity index (χ0v) is 14.4. The highest BCUT2D eigenvalue weighted by molar-refractivity contribution is 6.30. The zero-order chi connectivity index (χ0) is 18.0. The predicted octanol–water partition coefficient (Wildman–Crippen LogP) is 3.38. The monoisotopic (exact) mass is 356 g/mol. The summed E-state index contributed by atoms with van der Waals surface area (Å²) in [6.07, 6.45) is 0.370. The number of hydrogen-bond acceptors (Lipinski definition) is 3. The zero-order valence-electron chi connectivity index (χ0n) is 13.7. The second-order valence-electron chi connectivity index (χ2n) is 5.88. The van der Waals surface area contributed by atoms with Gasteiger partial charge < -0.3 is 5.32 Å². The summed E-state index contributed by atoms with van der Waals surface area (Å²) < 4.78 is 0. The molecule has 5 nitrogen and oxygen atoms in total. The summed E-state index contributed by atoms with van der Waals surface area (Å²) in [4.78, 5) is 38.7. The van der Waals surface area contributed by atoms with Crippen LogP contribution in [0.1, 0.15) is 29.3 Å². The van der Waals surface area contributed by atoms with Crippen molar-refractivity contribution in [1.82, 2.24) is 10.2 Å². The number of carbonyl (C=O) groups is 3. The maximum Gasteiger partial charge on any atom is 0.325 e. The molecule has 25 heavy (non-hydrogen) atoms. The van der Waals surface area contributed by atoms with Crippen LogP contribution in [0.25, 0.3) is 0 Å². The molecule has 0 aromatic heterocycles.